The summed E-state index contributed by atoms with van der Waals surface area (Å²) >= 11 is 0. The first-order valence-electron chi connectivity index (χ1n) is 3.11. The fourth-order valence-corrected chi connectivity index (χ4v) is 0.784. The first kappa shape index (κ1) is 10.0. The average Bonchev–Trinajstić information content (AvgIpc) is 1.86. The molecule has 0 atom stereocenters. The number of nitrogens with zero attached hydrogens (tertiary/aromatic N) is 1. The molecule has 0 aromatic heterocycles. The molecule has 0 saturated carbocycles. The number of rotatable bonds is 4. The lowest BCUT2D eigenvalue weighted by molar-refractivity contribution is -0.117. The van der Waals surface area contributed by atoms with E-state index >= 15 is 0 Å². The van der Waals surface area contributed by atoms with Crippen molar-refractivity contribution in [2.24, 2.45) is 4.36 Å². The van der Waals surface area contributed by atoms with Crippen LogP contribution in [0.1, 0.15) is 19.3 Å². The van der Waals surface area contributed by atoms with Crippen molar-refractivity contribution >= 4 is 16.4 Å². The van der Waals surface area contributed by atoms with Crippen molar-refractivity contribution in [2.45, 2.75) is 19.3 Å². The number of hydrogen-bond donors (Lipinski definition) is 0. The zero-order valence-corrected chi connectivity index (χ0v) is 6.80. The Kier molecular flexibility index (Phi) is 5.28. The van der Waals surface area contributed by atoms with Gasteiger partial charge >= 0.3 is 10.5 Å². The molecule has 0 N–H and O–H groups in total. The normalized spacial score (nSPS) is 8.73. The molecule has 0 spiro atoms. The Bertz CT molecular complexity index is 258. The highest BCUT2D eigenvalue weighted by atomic mass is 32.2. The maximum Gasteiger partial charge on any atom is 0.319 e. The average molecular weight is 175 g/mol. The summed E-state index contributed by atoms with van der Waals surface area (Å²) in [5.41, 5.74) is 0. The summed E-state index contributed by atoms with van der Waals surface area (Å²) in [6.45, 7) is 3.45. The number of allylic oxidation sites excluding steroid dienone is 1. The third kappa shape index (κ3) is 6.92. The summed E-state index contributed by atoms with van der Waals surface area (Å²) < 4.78 is 22.5. The summed E-state index contributed by atoms with van der Waals surface area (Å²) in [5, 5.41) is 0. The minimum atomic E-state index is -2.60. The minimum absolute atomic E-state index is 0.167. The smallest absolute Gasteiger partial charge is 0.271 e. The lowest BCUT2D eigenvalue weighted by Gasteiger charge is -1.87. The topological polar surface area (TPSA) is 63.6 Å². The van der Waals surface area contributed by atoms with Crippen LogP contribution in [0.25, 0.3) is 0 Å². The van der Waals surface area contributed by atoms with Crippen LogP contribution in [0.2, 0.25) is 0 Å². The fraction of sp³-hybridized carbons (Fsp3) is 0.500. The van der Waals surface area contributed by atoms with Crippen LogP contribution in [0.15, 0.2) is 17.0 Å². The molecule has 0 unspecified atom stereocenters. The first-order valence-corrected chi connectivity index (χ1v) is 4.15. The lowest BCUT2D eigenvalue weighted by Crippen LogP contribution is -1.91. The molecule has 11 heavy (non-hydrogen) atoms. The molecule has 0 heterocycles. The van der Waals surface area contributed by atoms with Gasteiger partial charge in [-0.1, -0.05) is 10.4 Å². The molecule has 0 aliphatic rings. The SMILES string of the molecule is C=CCCCC(=O)N=S(=O)=O. The standard InChI is InChI=1S/C6H9NO3S/c1-2-3-4-5-6(8)7-11(9)10/h2H,1,3-5H2. The van der Waals surface area contributed by atoms with Crippen molar-refractivity contribution in [1.82, 2.24) is 0 Å². The van der Waals surface area contributed by atoms with Gasteiger partial charge < -0.3 is 0 Å². The molecule has 4 nitrogen and oxygen atoms in total. The van der Waals surface area contributed by atoms with Crippen molar-refractivity contribution in [2.75, 3.05) is 0 Å². The maximum atomic E-state index is 10.5. The third-order valence-corrected chi connectivity index (χ3v) is 1.33. The molecule has 0 radical (unpaired) electrons. The van der Waals surface area contributed by atoms with E-state index in [2.05, 4.69) is 10.9 Å². The molecular weight excluding hydrogens is 166 g/mol. The fourth-order valence-electron chi connectivity index (χ4n) is 0.526. The molecule has 0 rings (SSSR count). The predicted molar refractivity (Wildman–Crippen MR) is 40.4 cm³/mol. The van der Waals surface area contributed by atoms with Crippen LogP contribution >= 0.6 is 0 Å². The molecule has 1 amide bonds. The highest BCUT2D eigenvalue weighted by Gasteiger charge is 1.96. The van der Waals surface area contributed by atoms with E-state index < -0.39 is 16.4 Å². The van der Waals surface area contributed by atoms with Crippen molar-refractivity contribution in [3.05, 3.63) is 12.7 Å². The predicted octanol–water partition coefficient (Wildman–Crippen LogP) is 0.932. The zero-order valence-electron chi connectivity index (χ0n) is 5.99. The summed E-state index contributed by atoms with van der Waals surface area (Å²) in [6.07, 6.45) is 3.14. The van der Waals surface area contributed by atoms with Crippen LogP contribution in [-0.2, 0) is 15.3 Å². The van der Waals surface area contributed by atoms with Gasteiger partial charge in [0.2, 0.25) is 0 Å². The molecule has 5 heteroatoms. The zero-order chi connectivity index (χ0) is 8.69. The Hall–Kier alpha value is -0.970. The van der Waals surface area contributed by atoms with Gasteiger partial charge in [-0.15, -0.1) is 6.58 Å². The van der Waals surface area contributed by atoms with Gasteiger partial charge in [0.1, 0.15) is 0 Å². The van der Waals surface area contributed by atoms with Gasteiger partial charge in [-0.05, 0) is 12.8 Å². The van der Waals surface area contributed by atoms with Gasteiger partial charge in [-0.25, -0.2) is 0 Å². The second kappa shape index (κ2) is 5.79. The lowest BCUT2D eigenvalue weighted by atomic mass is 10.2. The van der Waals surface area contributed by atoms with Crippen LogP contribution in [-0.4, -0.2) is 14.3 Å². The van der Waals surface area contributed by atoms with Crippen molar-refractivity contribution < 1.29 is 13.2 Å². The van der Waals surface area contributed by atoms with E-state index in [1.165, 1.54) is 0 Å². The molecular formula is C6H9NO3S. The second-order valence-corrected chi connectivity index (χ2v) is 2.50. The van der Waals surface area contributed by atoms with Crippen LogP contribution in [0.5, 0.6) is 0 Å². The Morgan fingerprint density at radius 3 is 2.64 bits per heavy atom. The summed E-state index contributed by atoms with van der Waals surface area (Å²) in [5.74, 6) is -0.597. The van der Waals surface area contributed by atoms with Gasteiger partial charge in [0.25, 0.3) is 5.91 Å². The molecule has 0 bridgehead atoms. The molecule has 0 aromatic carbocycles. The van der Waals surface area contributed by atoms with Gasteiger partial charge in [-0.2, -0.15) is 8.42 Å². The monoisotopic (exact) mass is 175 g/mol. The quantitative estimate of drug-likeness (QED) is 0.471. The molecule has 0 aromatic rings. The maximum absolute atomic E-state index is 10.5. The summed E-state index contributed by atoms with van der Waals surface area (Å²) in [6, 6.07) is 0. The van der Waals surface area contributed by atoms with Gasteiger partial charge in [0, 0.05) is 6.42 Å². The van der Waals surface area contributed by atoms with Crippen molar-refractivity contribution in [1.29, 1.82) is 0 Å². The first-order chi connectivity index (χ1) is 5.16. The van der Waals surface area contributed by atoms with E-state index in [1.54, 1.807) is 6.08 Å². The van der Waals surface area contributed by atoms with Crippen LogP contribution in [0, 0.1) is 0 Å². The summed E-state index contributed by atoms with van der Waals surface area (Å²) in [4.78, 5) is 10.5. The van der Waals surface area contributed by atoms with E-state index in [-0.39, 0.29) is 6.42 Å². The molecule has 0 aliphatic carbocycles. The molecule has 0 saturated heterocycles. The second-order valence-electron chi connectivity index (χ2n) is 1.88. The van der Waals surface area contributed by atoms with E-state index in [4.69, 9.17) is 0 Å². The number of amides is 1. The molecule has 0 aliphatic heterocycles. The van der Waals surface area contributed by atoms with E-state index in [0.29, 0.717) is 12.8 Å². The van der Waals surface area contributed by atoms with Crippen LogP contribution in [0.4, 0.5) is 0 Å². The van der Waals surface area contributed by atoms with Crippen LogP contribution < -0.4 is 0 Å². The highest BCUT2D eigenvalue weighted by Crippen LogP contribution is 1.96. The van der Waals surface area contributed by atoms with E-state index in [9.17, 15) is 13.2 Å². The number of unbranched alkanes of at least 4 members (excludes halogenated alkanes) is 1. The largest absolute Gasteiger partial charge is 0.319 e. The van der Waals surface area contributed by atoms with E-state index in [1.807, 2.05) is 0 Å². The third-order valence-electron chi connectivity index (χ3n) is 0.975. The van der Waals surface area contributed by atoms with Gasteiger partial charge in [0.05, 0.1) is 0 Å². The Morgan fingerprint density at radius 1 is 1.55 bits per heavy atom. The molecule has 0 fully saturated rings. The van der Waals surface area contributed by atoms with Gasteiger partial charge in [0.15, 0.2) is 0 Å². The minimum Gasteiger partial charge on any atom is -0.271 e. The van der Waals surface area contributed by atoms with Crippen molar-refractivity contribution in [3.8, 4) is 0 Å². The Balaban J connectivity index is 3.71. The van der Waals surface area contributed by atoms with Gasteiger partial charge in [-0.3, -0.25) is 4.79 Å². The Morgan fingerprint density at radius 2 is 2.18 bits per heavy atom. The van der Waals surface area contributed by atoms with E-state index in [0.717, 1.165) is 0 Å². The number of hydrogen-bond acceptors (Lipinski definition) is 3. The number of carbonyl (C=O) groups is 1. The Labute approximate surface area is 66.6 Å². The number of carbonyl (C=O) groups excluding carboxylic acids is 1. The summed E-state index contributed by atoms with van der Waals surface area (Å²) in [7, 11) is -2.60. The van der Waals surface area contributed by atoms with Crippen LogP contribution in [0.3, 0.4) is 0 Å². The highest BCUT2D eigenvalue weighted by molar-refractivity contribution is 7.62. The molecule has 62 valence electrons. The van der Waals surface area contributed by atoms with Crippen molar-refractivity contribution in [3.63, 3.8) is 0 Å².